The molecule has 0 aliphatic heterocycles. The highest BCUT2D eigenvalue weighted by Crippen LogP contribution is 2.20. The van der Waals surface area contributed by atoms with Gasteiger partial charge in [0.1, 0.15) is 5.82 Å². The molecule has 0 amide bonds. The van der Waals surface area contributed by atoms with Crippen LogP contribution in [0.15, 0.2) is 53.0 Å². The Morgan fingerprint density at radius 3 is 2.45 bits per heavy atom. The molecule has 1 N–H and O–H groups in total. The van der Waals surface area contributed by atoms with Gasteiger partial charge in [-0.1, -0.05) is 30.3 Å². The van der Waals surface area contributed by atoms with Crippen LogP contribution in [0.2, 0.25) is 0 Å². The molecule has 2 rings (SSSR count). The Morgan fingerprint density at radius 2 is 1.80 bits per heavy atom. The summed E-state index contributed by atoms with van der Waals surface area (Å²) in [6, 6.07) is 13.4. The molecule has 0 unspecified atom stereocenters. The summed E-state index contributed by atoms with van der Waals surface area (Å²) in [5.41, 5.74) is 1.17. The molecule has 2 aromatic rings. The summed E-state index contributed by atoms with van der Waals surface area (Å²) >= 11 is 3.02. The van der Waals surface area contributed by atoms with Crippen LogP contribution in [0.5, 0.6) is 0 Å². The summed E-state index contributed by atoms with van der Waals surface area (Å²) < 4.78 is 39.8. The minimum absolute atomic E-state index is 0.0469. The number of halogens is 2. The molecule has 0 atom stereocenters. The number of nitrogens with one attached hydrogen (secondary N) is 1. The normalized spacial score (nSPS) is 11.3. The molecule has 0 heterocycles. The van der Waals surface area contributed by atoms with Gasteiger partial charge in [-0.3, -0.25) is 4.72 Å². The molecule has 0 aliphatic rings. The molecule has 0 radical (unpaired) electrons. The van der Waals surface area contributed by atoms with Gasteiger partial charge in [0.25, 0.3) is 0 Å². The SMILES string of the molecule is O=S(=O)(CCc1ccccc1)Nc1ccc(Br)c(F)c1. The van der Waals surface area contributed by atoms with Crippen LogP contribution in [-0.2, 0) is 16.4 Å². The monoisotopic (exact) mass is 357 g/mol. The fourth-order valence-electron chi connectivity index (χ4n) is 1.69. The number of rotatable bonds is 5. The molecular formula is C14H13BrFNO2S. The van der Waals surface area contributed by atoms with E-state index in [0.717, 1.165) is 11.6 Å². The molecule has 106 valence electrons. The molecule has 0 aromatic heterocycles. The minimum Gasteiger partial charge on any atom is -0.283 e. The van der Waals surface area contributed by atoms with Crippen LogP contribution in [0.4, 0.5) is 10.1 Å². The number of anilines is 1. The first-order valence-corrected chi connectivity index (χ1v) is 8.40. The van der Waals surface area contributed by atoms with Gasteiger partial charge in [0.2, 0.25) is 10.0 Å². The van der Waals surface area contributed by atoms with Gasteiger partial charge >= 0.3 is 0 Å². The van der Waals surface area contributed by atoms with E-state index in [0.29, 0.717) is 10.9 Å². The quantitative estimate of drug-likeness (QED) is 0.888. The van der Waals surface area contributed by atoms with Crippen molar-refractivity contribution in [3.63, 3.8) is 0 Å². The predicted molar refractivity (Wildman–Crippen MR) is 81.7 cm³/mol. The second-order valence-corrected chi connectivity index (χ2v) is 6.98. The van der Waals surface area contributed by atoms with E-state index in [1.807, 2.05) is 30.3 Å². The molecule has 2 aromatic carbocycles. The van der Waals surface area contributed by atoms with Crippen molar-refractivity contribution in [2.24, 2.45) is 0 Å². The molecule has 0 spiro atoms. The molecule has 0 saturated carbocycles. The van der Waals surface area contributed by atoms with Gasteiger partial charge in [-0.15, -0.1) is 0 Å². The number of sulfonamides is 1. The predicted octanol–water partition coefficient (Wildman–Crippen LogP) is 3.57. The molecule has 0 saturated heterocycles. The van der Waals surface area contributed by atoms with Crippen LogP contribution in [-0.4, -0.2) is 14.2 Å². The van der Waals surface area contributed by atoms with E-state index in [9.17, 15) is 12.8 Å². The van der Waals surface area contributed by atoms with E-state index >= 15 is 0 Å². The Hall–Kier alpha value is -1.40. The summed E-state index contributed by atoms with van der Waals surface area (Å²) in [5.74, 6) is -0.553. The summed E-state index contributed by atoms with van der Waals surface area (Å²) in [7, 11) is -3.49. The van der Waals surface area contributed by atoms with Crippen molar-refractivity contribution in [3.05, 3.63) is 64.4 Å². The van der Waals surface area contributed by atoms with Crippen LogP contribution in [0.1, 0.15) is 5.56 Å². The van der Waals surface area contributed by atoms with Crippen molar-refractivity contribution in [3.8, 4) is 0 Å². The van der Waals surface area contributed by atoms with Crippen molar-refractivity contribution in [2.75, 3.05) is 10.5 Å². The molecule has 3 nitrogen and oxygen atoms in total. The third-order valence-electron chi connectivity index (χ3n) is 2.70. The van der Waals surface area contributed by atoms with Crippen molar-refractivity contribution < 1.29 is 12.8 Å². The standard InChI is InChI=1S/C14H13BrFNO2S/c15-13-7-6-12(10-14(13)16)17-20(18,19)9-8-11-4-2-1-3-5-11/h1-7,10,17H,8-9H2. The number of hydrogen-bond donors (Lipinski definition) is 1. The van der Waals surface area contributed by atoms with Crippen LogP contribution in [0.3, 0.4) is 0 Å². The minimum atomic E-state index is -3.49. The third-order valence-corrected chi connectivity index (χ3v) is 4.63. The molecule has 0 aliphatic carbocycles. The first-order chi connectivity index (χ1) is 9.46. The lowest BCUT2D eigenvalue weighted by molar-refractivity contribution is 0.600. The Balaban J connectivity index is 2.02. The maximum atomic E-state index is 13.3. The Morgan fingerprint density at radius 1 is 1.10 bits per heavy atom. The zero-order valence-corrected chi connectivity index (χ0v) is 12.9. The largest absolute Gasteiger partial charge is 0.283 e. The first-order valence-electron chi connectivity index (χ1n) is 5.96. The van der Waals surface area contributed by atoms with Gasteiger partial charge < -0.3 is 0 Å². The van der Waals surface area contributed by atoms with Crippen molar-refractivity contribution in [1.82, 2.24) is 0 Å². The number of hydrogen-bond acceptors (Lipinski definition) is 2. The summed E-state index contributed by atoms with van der Waals surface area (Å²) in [5, 5.41) is 0. The van der Waals surface area contributed by atoms with Crippen LogP contribution < -0.4 is 4.72 Å². The highest BCUT2D eigenvalue weighted by atomic mass is 79.9. The fourth-order valence-corrected chi connectivity index (χ4v) is 3.03. The zero-order valence-electron chi connectivity index (χ0n) is 10.5. The van der Waals surface area contributed by atoms with Crippen LogP contribution >= 0.6 is 15.9 Å². The van der Waals surface area contributed by atoms with Crippen molar-refractivity contribution >= 4 is 31.6 Å². The average molecular weight is 358 g/mol. The van der Waals surface area contributed by atoms with Crippen LogP contribution in [0, 0.1) is 5.82 Å². The van der Waals surface area contributed by atoms with Gasteiger partial charge in [0.05, 0.1) is 15.9 Å². The van der Waals surface area contributed by atoms with Crippen molar-refractivity contribution in [2.45, 2.75) is 6.42 Å². The molecule has 0 fully saturated rings. The molecule has 0 bridgehead atoms. The maximum absolute atomic E-state index is 13.3. The Kier molecular flexibility index (Phi) is 4.77. The first kappa shape index (κ1) is 15.0. The lowest BCUT2D eigenvalue weighted by atomic mass is 10.2. The van der Waals surface area contributed by atoms with E-state index in [1.54, 1.807) is 0 Å². The smallest absolute Gasteiger partial charge is 0.233 e. The third kappa shape index (κ3) is 4.31. The van der Waals surface area contributed by atoms with E-state index in [1.165, 1.54) is 12.1 Å². The molecule has 20 heavy (non-hydrogen) atoms. The lowest BCUT2D eigenvalue weighted by Crippen LogP contribution is -2.18. The highest BCUT2D eigenvalue weighted by molar-refractivity contribution is 9.10. The lowest BCUT2D eigenvalue weighted by Gasteiger charge is -2.08. The maximum Gasteiger partial charge on any atom is 0.233 e. The molecule has 6 heteroatoms. The summed E-state index contributed by atoms with van der Waals surface area (Å²) in [4.78, 5) is 0. The van der Waals surface area contributed by atoms with Gasteiger partial charge in [-0.25, -0.2) is 12.8 Å². The van der Waals surface area contributed by atoms with Gasteiger partial charge in [-0.05, 0) is 46.1 Å². The average Bonchev–Trinajstić information content (AvgIpc) is 2.42. The number of aryl methyl sites for hydroxylation is 1. The van der Waals surface area contributed by atoms with E-state index < -0.39 is 15.8 Å². The van der Waals surface area contributed by atoms with Gasteiger partial charge in [-0.2, -0.15) is 0 Å². The van der Waals surface area contributed by atoms with Crippen LogP contribution in [0.25, 0.3) is 0 Å². The van der Waals surface area contributed by atoms with E-state index in [2.05, 4.69) is 20.7 Å². The Labute approximate surface area is 126 Å². The number of benzene rings is 2. The highest BCUT2D eigenvalue weighted by Gasteiger charge is 2.11. The zero-order chi connectivity index (χ0) is 14.6. The second kappa shape index (κ2) is 6.37. The summed E-state index contributed by atoms with van der Waals surface area (Å²) in [6.07, 6.45) is 0.412. The van der Waals surface area contributed by atoms with Gasteiger partial charge in [0, 0.05) is 0 Å². The second-order valence-electron chi connectivity index (χ2n) is 4.29. The topological polar surface area (TPSA) is 46.2 Å². The molecular weight excluding hydrogens is 345 g/mol. The van der Waals surface area contributed by atoms with Crippen molar-refractivity contribution in [1.29, 1.82) is 0 Å². The van der Waals surface area contributed by atoms with E-state index in [4.69, 9.17) is 0 Å². The van der Waals surface area contributed by atoms with Gasteiger partial charge in [0.15, 0.2) is 0 Å². The fraction of sp³-hybridized carbons (Fsp3) is 0.143. The Bertz CT molecular complexity index is 690. The summed E-state index contributed by atoms with van der Waals surface area (Å²) in [6.45, 7) is 0. The van der Waals surface area contributed by atoms with E-state index in [-0.39, 0.29) is 11.4 Å².